The fourth-order valence-corrected chi connectivity index (χ4v) is 5.91. The van der Waals surface area contributed by atoms with Gasteiger partial charge in [0.1, 0.15) is 11.9 Å². The minimum absolute atomic E-state index is 0.0842. The number of anilines is 1. The molecular formula is C31H36ClFN6O. The highest BCUT2D eigenvalue weighted by Gasteiger charge is 2.40. The van der Waals surface area contributed by atoms with Gasteiger partial charge in [-0.05, 0) is 60.9 Å². The summed E-state index contributed by atoms with van der Waals surface area (Å²) in [4.78, 5) is 20.5. The summed E-state index contributed by atoms with van der Waals surface area (Å²) in [6, 6.07) is 14.0. The molecule has 3 unspecified atom stereocenters. The first-order valence-electron chi connectivity index (χ1n) is 13.9. The number of amidine groups is 1. The van der Waals surface area contributed by atoms with Crippen LogP contribution >= 0.6 is 11.6 Å². The maximum absolute atomic E-state index is 14.0. The van der Waals surface area contributed by atoms with Crippen LogP contribution in [0.4, 0.5) is 10.1 Å². The lowest BCUT2D eigenvalue weighted by molar-refractivity contribution is -0.123. The largest absolute Gasteiger partial charge is 0.373 e. The molecule has 0 bridgehead atoms. The summed E-state index contributed by atoms with van der Waals surface area (Å²) in [5.74, 6) is 0.522. The zero-order valence-electron chi connectivity index (χ0n) is 23.0. The van der Waals surface area contributed by atoms with E-state index in [1.54, 1.807) is 19.3 Å². The molecule has 0 radical (unpaired) electrons. The molecule has 210 valence electrons. The van der Waals surface area contributed by atoms with E-state index in [9.17, 15) is 9.18 Å². The van der Waals surface area contributed by atoms with Crippen LogP contribution in [0, 0.1) is 11.7 Å². The number of piperidine rings is 1. The number of carbonyl (C=O) groups is 1. The van der Waals surface area contributed by atoms with E-state index in [4.69, 9.17) is 11.6 Å². The maximum atomic E-state index is 14.0. The molecule has 1 aliphatic carbocycles. The number of carbonyl (C=O) groups excluding carboxylic acids is 1. The number of halogens is 2. The van der Waals surface area contributed by atoms with Crippen LogP contribution in [0.15, 0.2) is 82.0 Å². The number of nitrogens with one attached hydrogen (secondary N) is 3. The number of hydrogen-bond donors (Lipinski definition) is 3. The molecule has 9 heteroatoms. The molecule has 0 spiro atoms. The molecule has 7 nitrogen and oxygen atoms in total. The molecule has 2 aromatic carbocycles. The van der Waals surface area contributed by atoms with Crippen LogP contribution in [-0.4, -0.2) is 55.1 Å². The molecule has 3 aliphatic rings. The van der Waals surface area contributed by atoms with E-state index < -0.39 is 11.9 Å². The van der Waals surface area contributed by atoms with E-state index in [1.165, 1.54) is 17.7 Å². The Morgan fingerprint density at radius 1 is 1.25 bits per heavy atom. The first-order chi connectivity index (χ1) is 19.4. The van der Waals surface area contributed by atoms with E-state index >= 15 is 0 Å². The van der Waals surface area contributed by atoms with Gasteiger partial charge < -0.3 is 15.5 Å². The number of hydrazone groups is 1. The monoisotopic (exact) mass is 562 g/mol. The molecule has 1 saturated heterocycles. The lowest BCUT2D eigenvalue weighted by Crippen LogP contribution is -2.55. The van der Waals surface area contributed by atoms with Crippen molar-refractivity contribution in [2.45, 2.75) is 50.6 Å². The van der Waals surface area contributed by atoms with Crippen molar-refractivity contribution in [3.8, 4) is 0 Å². The fraction of sp³-hybridized carbons (Fsp3) is 0.387. The Bertz CT molecular complexity index is 1330. The molecule has 0 aromatic heterocycles. The molecule has 3 atom stereocenters. The van der Waals surface area contributed by atoms with E-state index in [1.807, 2.05) is 18.2 Å². The SMILES string of the molecule is C=C(CC)/C(=C1/C=NNC1=NC)N1CCC(c2ccccc2)C(NC(=O)C(Nc2cc(F)cc(Cl)c2)C2CC2)C1. The summed E-state index contributed by atoms with van der Waals surface area (Å²) in [6.45, 7) is 7.87. The summed E-state index contributed by atoms with van der Waals surface area (Å²) in [5, 5.41) is 11.2. The summed E-state index contributed by atoms with van der Waals surface area (Å²) < 4.78 is 14.0. The number of nitrogens with zero attached hydrogens (tertiary/aromatic N) is 3. The van der Waals surface area contributed by atoms with E-state index in [-0.39, 0.29) is 23.8 Å². The number of benzene rings is 2. The smallest absolute Gasteiger partial charge is 0.243 e. The third-order valence-corrected chi connectivity index (χ3v) is 8.12. The van der Waals surface area contributed by atoms with Gasteiger partial charge >= 0.3 is 0 Å². The fourth-order valence-electron chi connectivity index (χ4n) is 5.69. The van der Waals surface area contributed by atoms with Gasteiger partial charge in [0.05, 0.1) is 23.5 Å². The summed E-state index contributed by atoms with van der Waals surface area (Å²) in [7, 11) is 1.74. The predicted octanol–water partition coefficient (Wildman–Crippen LogP) is 5.48. The Hall–Kier alpha value is -3.65. The third kappa shape index (κ3) is 6.22. The van der Waals surface area contributed by atoms with Crippen LogP contribution in [0.25, 0.3) is 0 Å². The van der Waals surface area contributed by atoms with Crippen molar-refractivity contribution in [1.29, 1.82) is 0 Å². The average molecular weight is 563 g/mol. The minimum Gasteiger partial charge on any atom is -0.373 e. The molecule has 1 amide bonds. The van der Waals surface area contributed by atoms with Crippen molar-refractivity contribution in [3.05, 3.63) is 88.4 Å². The Morgan fingerprint density at radius 3 is 2.70 bits per heavy atom. The molecule has 2 aromatic rings. The van der Waals surface area contributed by atoms with Crippen LogP contribution in [0.3, 0.4) is 0 Å². The molecule has 5 rings (SSSR count). The lowest BCUT2D eigenvalue weighted by Gasteiger charge is -2.42. The van der Waals surface area contributed by atoms with Crippen molar-refractivity contribution in [3.63, 3.8) is 0 Å². The highest BCUT2D eigenvalue weighted by molar-refractivity contribution is 6.30. The van der Waals surface area contributed by atoms with Gasteiger partial charge in [-0.25, -0.2) is 4.39 Å². The maximum Gasteiger partial charge on any atom is 0.243 e. The molecule has 1 saturated carbocycles. The third-order valence-electron chi connectivity index (χ3n) is 7.90. The summed E-state index contributed by atoms with van der Waals surface area (Å²) in [5.41, 5.74) is 7.60. The number of rotatable bonds is 9. The number of amides is 1. The normalized spacial score (nSPS) is 23.5. The molecule has 3 N–H and O–H groups in total. The Balaban J connectivity index is 1.43. The van der Waals surface area contributed by atoms with E-state index in [0.29, 0.717) is 23.1 Å². The predicted molar refractivity (Wildman–Crippen MR) is 160 cm³/mol. The van der Waals surface area contributed by atoms with Crippen molar-refractivity contribution in [1.82, 2.24) is 15.6 Å². The van der Waals surface area contributed by atoms with Gasteiger partial charge in [-0.15, -0.1) is 0 Å². The number of allylic oxidation sites excluding steroid dienone is 1. The van der Waals surface area contributed by atoms with Gasteiger partial charge in [0.15, 0.2) is 5.84 Å². The van der Waals surface area contributed by atoms with E-state index in [0.717, 1.165) is 49.1 Å². The van der Waals surface area contributed by atoms with Crippen LogP contribution in [-0.2, 0) is 4.79 Å². The van der Waals surface area contributed by atoms with Crippen molar-refractivity contribution in [2.24, 2.45) is 16.0 Å². The number of likely N-dealkylation sites (tertiary alicyclic amines) is 1. The van der Waals surface area contributed by atoms with Crippen LogP contribution in [0.2, 0.25) is 5.02 Å². The topological polar surface area (TPSA) is 81.1 Å². The number of hydrogen-bond acceptors (Lipinski definition) is 5. The van der Waals surface area contributed by atoms with Gasteiger partial charge in [-0.1, -0.05) is 55.4 Å². The van der Waals surface area contributed by atoms with Crippen LogP contribution in [0.5, 0.6) is 0 Å². The molecule has 40 heavy (non-hydrogen) atoms. The Labute approximate surface area is 240 Å². The van der Waals surface area contributed by atoms with Gasteiger partial charge in [0, 0.05) is 36.8 Å². The molecule has 2 heterocycles. The second kappa shape index (κ2) is 12.3. The van der Waals surface area contributed by atoms with Gasteiger partial charge in [-0.3, -0.25) is 15.2 Å². The average Bonchev–Trinajstić information content (AvgIpc) is 3.69. The molecule has 2 aliphatic heterocycles. The summed E-state index contributed by atoms with van der Waals surface area (Å²) >= 11 is 6.09. The van der Waals surface area contributed by atoms with Gasteiger partial charge in [0.25, 0.3) is 0 Å². The van der Waals surface area contributed by atoms with Crippen LogP contribution < -0.4 is 16.1 Å². The number of aliphatic imine (C=N–C) groups is 1. The Morgan fingerprint density at radius 2 is 2.02 bits per heavy atom. The molecular weight excluding hydrogens is 527 g/mol. The molecule has 2 fully saturated rings. The second-order valence-corrected chi connectivity index (χ2v) is 11.1. The first kappa shape index (κ1) is 27.9. The lowest BCUT2D eigenvalue weighted by atomic mass is 9.84. The highest BCUT2D eigenvalue weighted by atomic mass is 35.5. The van der Waals surface area contributed by atoms with Gasteiger partial charge in [0.2, 0.25) is 5.91 Å². The summed E-state index contributed by atoms with van der Waals surface area (Å²) in [6.07, 6.45) is 5.33. The second-order valence-electron chi connectivity index (χ2n) is 10.6. The Kier molecular flexibility index (Phi) is 8.54. The quantitative estimate of drug-likeness (QED) is 0.378. The highest BCUT2D eigenvalue weighted by Crippen LogP contribution is 2.37. The van der Waals surface area contributed by atoms with E-state index in [2.05, 4.69) is 56.7 Å². The van der Waals surface area contributed by atoms with Crippen LogP contribution in [0.1, 0.15) is 44.1 Å². The zero-order valence-corrected chi connectivity index (χ0v) is 23.7. The van der Waals surface area contributed by atoms with Crippen molar-refractivity contribution >= 4 is 35.2 Å². The first-order valence-corrected chi connectivity index (χ1v) is 14.3. The standard InChI is InChI=1S/C31H36ClFN6O/c1-4-19(2)29(26-17-35-38-30(26)34-3)39-13-12-25(20-8-6-5-7-9-20)27(18-39)37-31(40)28(21-10-11-21)36-24-15-22(32)14-23(33)16-24/h5-9,14-17,21,25,27-28,36H,2,4,10-13,18H2,1,3H3,(H,34,38)(H,37,40)/b29-26+. The van der Waals surface area contributed by atoms with Crippen molar-refractivity contribution in [2.75, 3.05) is 25.5 Å². The van der Waals surface area contributed by atoms with Gasteiger partial charge in [-0.2, -0.15) is 5.10 Å². The van der Waals surface area contributed by atoms with Crippen molar-refractivity contribution < 1.29 is 9.18 Å². The minimum atomic E-state index is -0.474. The zero-order chi connectivity index (χ0) is 28.2.